The minimum atomic E-state index is -0.848. The number of nitrogens with two attached hydrogens (primary N) is 1. The van der Waals surface area contributed by atoms with Crippen molar-refractivity contribution in [3.8, 4) is 17.2 Å². The van der Waals surface area contributed by atoms with Crippen molar-refractivity contribution >= 4 is 5.91 Å². The number of nitrogens with zero attached hydrogens (tertiary/aromatic N) is 1. The summed E-state index contributed by atoms with van der Waals surface area (Å²) in [7, 11) is 0. The number of hydrogen-bond acceptors (Lipinski definition) is 4. The molecule has 0 bridgehead atoms. The number of aromatic amines is 1. The van der Waals surface area contributed by atoms with E-state index in [4.69, 9.17) is 5.73 Å². The summed E-state index contributed by atoms with van der Waals surface area (Å²) in [6.45, 7) is 1.77. The molecule has 3 rings (SSSR count). The number of H-pyrrole nitrogens is 1. The van der Waals surface area contributed by atoms with Gasteiger partial charge in [-0.1, -0.05) is 43.5 Å². The largest absolute Gasteiger partial charge is 0.338 e. The molecule has 1 fully saturated rings. The zero-order valence-electron chi connectivity index (χ0n) is 16.1. The summed E-state index contributed by atoms with van der Waals surface area (Å²) in [5, 5.41) is 12.3. The normalized spacial score (nSPS) is 16.8. The zero-order valence-corrected chi connectivity index (χ0v) is 16.1. The number of carbonyl (C=O) groups excluding carboxylic acids is 1. The third-order valence-electron chi connectivity index (χ3n) is 5.48. The van der Waals surface area contributed by atoms with Gasteiger partial charge in [0.05, 0.1) is 11.6 Å². The van der Waals surface area contributed by atoms with Crippen molar-refractivity contribution in [1.82, 2.24) is 10.3 Å². The Kier molecular flexibility index (Phi) is 5.96. The number of pyridine rings is 1. The van der Waals surface area contributed by atoms with Crippen LogP contribution in [0, 0.1) is 18.3 Å². The zero-order chi connectivity index (χ0) is 20.1. The number of amides is 1. The summed E-state index contributed by atoms with van der Waals surface area (Å²) in [5.74, 6) is -0.223. The van der Waals surface area contributed by atoms with Crippen molar-refractivity contribution in [3.63, 3.8) is 0 Å². The highest BCUT2D eigenvalue weighted by molar-refractivity contribution is 5.86. The molecule has 1 aromatic carbocycles. The molecule has 1 heterocycles. The number of nitriles is 1. The summed E-state index contributed by atoms with van der Waals surface area (Å²) < 4.78 is 0. The molecule has 28 heavy (non-hydrogen) atoms. The first-order valence-electron chi connectivity index (χ1n) is 9.69. The number of carbonyl (C=O) groups is 1. The summed E-state index contributed by atoms with van der Waals surface area (Å²) in [4.78, 5) is 26.8. The van der Waals surface area contributed by atoms with Crippen molar-refractivity contribution in [2.45, 2.75) is 57.0 Å². The topological polar surface area (TPSA) is 112 Å². The standard InChI is InChI=1S/C22H26N4O2/c1-15-11-18(14-25-20(15)27)17-7-5-16(6-8-17)12-19(13-23)26-21(28)22(24)9-3-2-4-10-22/h5-8,11,14,19H,2-4,9-10,12,24H2,1H3,(H,25,27)(H,26,28)/t19-/m0/s1. The maximum Gasteiger partial charge on any atom is 0.250 e. The lowest BCUT2D eigenvalue weighted by Gasteiger charge is -2.32. The Morgan fingerprint density at radius 3 is 2.54 bits per heavy atom. The molecular formula is C22H26N4O2. The van der Waals surface area contributed by atoms with E-state index in [-0.39, 0.29) is 11.5 Å². The predicted octanol–water partition coefficient (Wildman–Crippen LogP) is 2.56. The Morgan fingerprint density at radius 1 is 1.25 bits per heavy atom. The molecule has 146 valence electrons. The number of nitrogens with one attached hydrogen (secondary N) is 2. The van der Waals surface area contributed by atoms with Crippen molar-refractivity contribution in [1.29, 1.82) is 5.26 Å². The van der Waals surface area contributed by atoms with Gasteiger partial charge < -0.3 is 16.0 Å². The Morgan fingerprint density at radius 2 is 1.93 bits per heavy atom. The molecule has 4 N–H and O–H groups in total. The molecule has 6 nitrogen and oxygen atoms in total. The first-order valence-corrected chi connectivity index (χ1v) is 9.69. The van der Waals surface area contributed by atoms with Gasteiger partial charge >= 0.3 is 0 Å². The number of rotatable bonds is 5. The molecule has 0 radical (unpaired) electrons. The summed E-state index contributed by atoms with van der Waals surface area (Å²) >= 11 is 0. The van der Waals surface area contributed by atoms with E-state index in [1.165, 1.54) is 0 Å². The van der Waals surface area contributed by atoms with Gasteiger partial charge in [0.2, 0.25) is 5.91 Å². The molecule has 0 aliphatic heterocycles. The van der Waals surface area contributed by atoms with E-state index in [0.717, 1.165) is 36.0 Å². The first kappa shape index (κ1) is 19.8. The minimum Gasteiger partial charge on any atom is -0.338 e. The fraction of sp³-hybridized carbons (Fsp3) is 0.409. The predicted molar refractivity (Wildman–Crippen MR) is 108 cm³/mol. The second-order valence-electron chi connectivity index (χ2n) is 7.67. The van der Waals surface area contributed by atoms with Crippen LogP contribution in [0.3, 0.4) is 0 Å². The SMILES string of the molecule is Cc1cc(-c2ccc(C[C@@H](C#N)NC(=O)C3(N)CCCCC3)cc2)c[nH]c1=O. The minimum absolute atomic E-state index is 0.0939. The third-order valence-corrected chi connectivity index (χ3v) is 5.48. The molecule has 1 aliphatic rings. The van der Waals surface area contributed by atoms with Crippen LogP contribution in [0.1, 0.15) is 43.2 Å². The molecule has 1 aromatic heterocycles. The van der Waals surface area contributed by atoms with E-state index in [0.29, 0.717) is 24.8 Å². The molecule has 0 unspecified atom stereocenters. The lowest BCUT2D eigenvalue weighted by molar-refractivity contribution is -0.127. The molecule has 2 aromatic rings. The van der Waals surface area contributed by atoms with Crippen molar-refractivity contribution in [2.75, 3.05) is 0 Å². The Balaban J connectivity index is 1.66. The van der Waals surface area contributed by atoms with Gasteiger partial charge in [-0.2, -0.15) is 5.26 Å². The second-order valence-corrected chi connectivity index (χ2v) is 7.67. The fourth-order valence-electron chi connectivity index (χ4n) is 3.67. The van der Waals surface area contributed by atoms with Crippen molar-refractivity contribution < 1.29 is 4.79 Å². The van der Waals surface area contributed by atoms with E-state index in [1.54, 1.807) is 13.1 Å². The van der Waals surface area contributed by atoms with E-state index >= 15 is 0 Å². The van der Waals surface area contributed by atoms with Crippen LogP contribution in [-0.4, -0.2) is 22.5 Å². The fourth-order valence-corrected chi connectivity index (χ4v) is 3.67. The van der Waals surface area contributed by atoms with Crippen LogP contribution in [0.25, 0.3) is 11.1 Å². The van der Waals surface area contributed by atoms with Gasteiger partial charge in [0.15, 0.2) is 0 Å². The van der Waals surface area contributed by atoms with Gasteiger partial charge in [0, 0.05) is 18.2 Å². The smallest absolute Gasteiger partial charge is 0.250 e. The molecule has 1 saturated carbocycles. The Bertz CT molecular complexity index is 934. The average molecular weight is 378 g/mol. The quantitative estimate of drug-likeness (QED) is 0.742. The van der Waals surface area contributed by atoms with E-state index in [9.17, 15) is 14.9 Å². The van der Waals surface area contributed by atoms with Crippen LogP contribution in [0.5, 0.6) is 0 Å². The molecular weight excluding hydrogens is 352 g/mol. The highest BCUT2D eigenvalue weighted by Gasteiger charge is 2.36. The molecule has 6 heteroatoms. The summed E-state index contributed by atoms with van der Waals surface area (Å²) in [5.41, 5.74) is 8.83. The maximum atomic E-state index is 12.6. The Hall–Kier alpha value is -2.91. The lowest BCUT2D eigenvalue weighted by atomic mass is 9.81. The number of benzene rings is 1. The lowest BCUT2D eigenvalue weighted by Crippen LogP contribution is -2.57. The van der Waals surface area contributed by atoms with E-state index in [1.807, 2.05) is 30.3 Å². The van der Waals surface area contributed by atoms with Gasteiger partial charge in [-0.15, -0.1) is 0 Å². The van der Waals surface area contributed by atoms with Gasteiger partial charge in [0.1, 0.15) is 6.04 Å². The second kappa shape index (κ2) is 8.41. The van der Waals surface area contributed by atoms with Crippen LogP contribution in [0.4, 0.5) is 0 Å². The van der Waals surface area contributed by atoms with Crippen LogP contribution < -0.4 is 16.6 Å². The van der Waals surface area contributed by atoms with Gasteiger partial charge in [-0.25, -0.2) is 0 Å². The maximum absolute atomic E-state index is 12.6. The van der Waals surface area contributed by atoms with Gasteiger partial charge in [-0.3, -0.25) is 9.59 Å². The van der Waals surface area contributed by atoms with Crippen LogP contribution in [0.15, 0.2) is 41.3 Å². The van der Waals surface area contributed by atoms with Crippen LogP contribution >= 0.6 is 0 Å². The van der Waals surface area contributed by atoms with Crippen molar-refractivity contribution in [2.24, 2.45) is 5.73 Å². The van der Waals surface area contributed by atoms with Crippen molar-refractivity contribution in [3.05, 3.63) is 58.0 Å². The molecule has 0 saturated heterocycles. The summed E-state index contributed by atoms with van der Waals surface area (Å²) in [6.07, 6.45) is 6.46. The third kappa shape index (κ3) is 4.49. The highest BCUT2D eigenvalue weighted by atomic mass is 16.2. The van der Waals surface area contributed by atoms with E-state index < -0.39 is 11.6 Å². The number of aromatic nitrogens is 1. The monoisotopic (exact) mass is 378 g/mol. The van der Waals surface area contributed by atoms with E-state index in [2.05, 4.69) is 16.4 Å². The molecule has 1 aliphatic carbocycles. The molecule has 0 spiro atoms. The highest BCUT2D eigenvalue weighted by Crippen LogP contribution is 2.26. The summed E-state index contributed by atoms with van der Waals surface area (Å²) in [6, 6.07) is 11.2. The molecule has 1 amide bonds. The molecule has 1 atom stereocenters. The first-order chi connectivity index (χ1) is 13.4. The number of aryl methyl sites for hydroxylation is 1. The average Bonchev–Trinajstić information content (AvgIpc) is 2.70. The van der Waals surface area contributed by atoms with Gasteiger partial charge in [0.25, 0.3) is 5.56 Å². The van der Waals surface area contributed by atoms with Gasteiger partial charge in [-0.05, 0) is 42.5 Å². The van der Waals surface area contributed by atoms with Crippen LogP contribution in [0.2, 0.25) is 0 Å². The Labute approximate surface area is 164 Å². The van der Waals surface area contributed by atoms with Crippen LogP contribution in [-0.2, 0) is 11.2 Å². The number of hydrogen-bond donors (Lipinski definition) is 3.